The standard InChI is InChI=1S/C17H23Cl2NO2/c1-4-16(13(3)17(16,18)19)15(21)20-12(2)10-22-11-14-8-6-5-7-9-14/h5-9,12-13H,4,10-11H2,1-3H3,(H,20,21)/t12-,13+,16+/m0/s1. The summed E-state index contributed by atoms with van der Waals surface area (Å²) in [6.45, 7) is 6.76. The lowest BCUT2D eigenvalue weighted by Crippen LogP contribution is -2.42. The van der Waals surface area contributed by atoms with E-state index in [1.54, 1.807) is 0 Å². The summed E-state index contributed by atoms with van der Waals surface area (Å²) < 4.78 is 4.69. The molecule has 0 unspecified atom stereocenters. The molecule has 1 aliphatic carbocycles. The number of hydrogen-bond donors (Lipinski definition) is 1. The lowest BCUT2D eigenvalue weighted by molar-refractivity contribution is -0.128. The Labute approximate surface area is 142 Å². The fraction of sp³-hybridized carbons (Fsp3) is 0.588. The summed E-state index contributed by atoms with van der Waals surface area (Å²) in [5.74, 6) is -0.117. The van der Waals surface area contributed by atoms with Gasteiger partial charge in [-0.3, -0.25) is 4.79 Å². The third-order valence-electron chi connectivity index (χ3n) is 4.61. The Balaban J connectivity index is 1.80. The van der Waals surface area contributed by atoms with Gasteiger partial charge in [-0.15, -0.1) is 23.2 Å². The SMILES string of the molecule is CC[C@]1(C(=O)N[C@@H](C)COCc2ccccc2)[C@@H](C)C1(Cl)Cl. The molecule has 1 aliphatic rings. The Morgan fingerprint density at radius 3 is 2.45 bits per heavy atom. The van der Waals surface area contributed by atoms with Gasteiger partial charge in [0.1, 0.15) is 4.33 Å². The number of amides is 1. The van der Waals surface area contributed by atoms with Crippen molar-refractivity contribution < 1.29 is 9.53 Å². The Kier molecular flexibility index (Phi) is 5.41. The summed E-state index contributed by atoms with van der Waals surface area (Å²) in [6, 6.07) is 9.86. The number of ether oxygens (including phenoxy) is 1. The minimum absolute atomic E-state index is 0.0363. The number of halogens is 2. The van der Waals surface area contributed by atoms with E-state index in [-0.39, 0.29) is 17.9 Å². The van der Waals surface area contributed by atoms with Crippen LogP contribution in [0.15, 0.2) is 30.3 Å². The van der Waals surface area contributed by atoms with Crippen LogP contribution in [0.1, 0.15) is 32.8 Å². The van der Waals surface area contributed by atoms with Crippen molar-refractivity contribution in [1.29, 1.82) is 0 Å². The van der Waals surface area contributed by atoms with Crippen molar-refractivity contribution in [2.24, 2.45) is 11.3 Å². The second kappa shape index (κ2) is 6.77. The molecule has 1 amide bonds. The zero-order chi connectivity index (χ0) is 16.4. The lowest BCUT2D eigenvalue weighted by Gasteiger charge is -2.20. The van der Waals surface area contributed by atoms with Crippen molar-refractivity contribution >= 4 is 29.1 Å². The van der Waals surface area contributed by atoms with E-state index in [0.29, 0.717) is 19.6 Å². The van der Waals surface area contributed by atoms with Crippen LogP contribution in [0.5, 0.6) is 0 Å². The topological polar surface area (TPSA) is 38.3 Å². The van der Waals surface area contributed by atoms with E-state index in [1.807, 2.05) is 51.1 Å². The van der Waals surface area contributed by atoms with E-state index in [1.165, 1.54) is 0 Å². The van der Waals surface area contributed by atoms with Crippen LogP contribution in [0.4, 0.5) is 0 Å². The van der Waals surface area contributed by atoms with Gasteiger partial charge in [-0.05, 0) is 18.9 Å². The van der Waals surface area contributed by atoms with Crippen molar-refractivity contribution in [3.8, 4) is 0 Å². The van der Waals surface area contributed by atoms with Gasteiger partial charge in [0.2, 0.25) is 5.91 Å². The Hall–Kier alpha value is -0.770. The first-order valence-electron chi connectivity index (χ1n) is 7.66. The zero-order valence-corrected chi connectivity index (χ0v) is 14.7. The van der Waals surface area contributed by atoms with Gasteiger partial charge < -0.3 is 10.1 Å². The van der Waals surface area contributed by atoms with Crippen LogP contribution in [0.3, 0.4) is 0 Å². The maximum atomic E-state index is 12.5. The summed E-state index contributed by atoms with van der Waals surface area (Å²) in [7, 11) is 0. The molecule has 0 saturated heterocycles. The van der Waals surface area contributed by atoms with Crippen LogP contribution in [-0.2, 0) is 16.1 Å². The van der Waals surface area contributed by atoms with Crippen LogP contribution in [0.2, 0.25) is 0 Å². The molecule has 3 atom stereocenters. The molecule has 22 heavy (non-hydrogen) atoms. The van der Waals surface area contributed by atoms with Gasteiger partial charge in [-0.2, -0.15) is 0 Å². The Morgan fingerprint density at radius 2 is 1.95 bits per heavy atom. The quantitative estimate of drug-likeness (QED) is 0.761. The van der Waals surface area contributed by atoms with Gasteiger partial charge in [0, 0.05) is 12.0 Å². The smallest absolute Gasteiger partial charge is 0.229 e. The Bertz CT molecular complexity index is 521. The molecule has 1 aromatic rings. The van der Waals surface area contributed by atoms with Gasteiger partial charge in [0.25, 0.3) is 0 Å². The highest BCUT2D eigenvalue weighted by Crippen LogP contribution is 2.70. The first kappa shape index (κ1) is 17.6. The molecular weight excluding hydrogens is 321 g/mol. The number of hydrogen-bond acceptors (Lipinski definition) is 2. The van der Waals surface area contributed by atoms with Gasteiger partial charge in [0.05, 0.1) is 18.6 Å². The second-order valence-electron chi connectivity index (χ2n) is 6.04. The fourth-order valence-corrected chi connectivity index (χ4v) is 4.04. The van der Waals surface area contributed by atoms with E-state index >= 15 is 0 Å². The molecule has 1 aromatic carbocycles. The molecule has 0 aromatic heterocycles. The number of carbonyl (C=O) groups excluding carboxylic acids is 1. The van der Waals surface area contributed by atoms with Gasteiger partial charge in [-0.1, -0.05) is 44.2 Å². The van der Waals surface area contributed by atoms with Crippen molar-refractivity contribution in [3.05, 3.63) is 35.9 Å². The lowest BCUT2D eigenvalue weighted by atomic mass is 9.99. The van der Waals surface area contributed by atoms with Crippen LogP contribution in [0.25, 0.3) is 0 Å². The minimum Gasteiger partial charge on any atom is -0.375 e. The third kappa shape index (κ3) is 3.12. The van der Waals surface area contributed by atoms with Crippen molar-refractivity contribution in [1.82, 2.24) is 5.32 Å². The number of benzene rings is 1. The predicted molar refractivity (Wildman–Crippen MR) is 90.0 cm³/mol. The summed E-state index contributed by atoms with van der Waals surface area (Å²) in [5.41, 5.74) is 0.437. The fourth-order valence-electron chi connectivity index (χ4n) is 3.01. The molecule has 5 heteroatoms. The number of rotatable bonds is 7. The molecule has 0 aliphatic heterocycles. The molecule has 0 spiro atoms. The molecular formula is C17H23Cl2NO2. The summed E-state index contributed by atoms with van der Waals surface area (Å²) in [4.78, 5) is 12.5. The van der Waals surface area contributed by atoms with Crippen LogP contribution >= 0.6 is 23.2 Å². The largest absolute Gasteiger partial charge is 0.375 e. The molecule has 3 nitrogen and oxygen atoms in total. The highest BCUT2D eigenvalue weighted by Gasteiger charge is 2.76. The average Bonchev–Trinajstić information content (AvgIpc) is 2.93. The minimum atomic E-state index is -0.962. The third-order valence-corrected chi connectivity index (χ3v) is 5.94. The van der Waals surface area contributed by atoms with Crippen LogP contribution < -0.4 is 5.32 Å². The normalized spacial score (nSPS) is 27.2. The van der Waals surface area contributed by atoms with E-state index in [9.17, 15) is 4.79 Å². The average molecular weight is 344 g/mol. The van der Waals surface area contributed by atoms with E-state index in [2.05, 4.69) is 5.32 Å². The Morgan fingerprint density at radius 1 is 1.36 bits per heavy atom. The van der Waals surface area contributed by atoms with Crippen molar-refractivity contribution in [2.45, 2.75) is 44.2 Å². The molecule has 1 saturated carbocycles. The van der Waals surface area contributed by atoms with Crippen molar-refractivity contribution in [3.63, 3.8) is 0 Å². The molecule has 1 fully saturated rings. The maximum Gasteiger partial charge on any atom is 0.229 e. The molecule has 2 rings (SSSR count). The number of alkyl halides is 2. The molecule has 122 valence electrons. The summed E-state index contributed by atoms with van der Waals surface area (Å²) in [5, 5.41) is 2.97. The first-order valence-corrected chi connectivity index (χ1v) is 8.42. The van der Waals surface area contributed by atoms with Crippen LogP contribution in [-0.4, -0.2) is 22.9 Å². The number of carbonyl (C=O) groups is 1. The molecule has 0 radical (unpaired) electrons. The molecule has 0 heterocycles. The highest BCUT2D eigenvalue weighted by molar-refractivity contribution is 6.53. The van der Waals surface area contributed by atoms with Crippen molar-refractivity contribution in [2.75, 3.05) is 6.61 Å². The maximum absolute atomic E-state index is 12.5. The zero-order valence-electron chi connectivity index (χ0n) is 13.2. The highest BCUT2D eigenvalue weighted by atomic mass is 35.5. The van der Waals surface area contributed by atoms with Gasteiger partial charge >= 0.3 is 0 Å². The van der Waals surface area contributed by atoms with Gasteiger partial charge in [-0.25, -0.2) is 0 Å². The van der Waals surface area contributed by atoms with E-state index in [4.69, 9.17) is 27.9 Å². The monoisotopic (exact) mass is 343 g/mol. The predicted octanol–water partition coefficient (Wildman–Crippen LogP) is 3.93. The molecule has 1 N–H and O–H groups in total. The van der Waals surface area contributed by atoms with E-state index < -0.39 is 9.75 Å². The van der Waals surface area contributed by atoms with Gasteiger partial charge in [0.15, 0.2) is 0 Å². The second-order valence-corrected chi connectivity index (χ2v) is 7.43. The number of nitrogens with one attached hydrogen (secondary N) is 1. The molecule has 0 bridgehead atoms. The first-order chi connectivity index (χ1) is 10.4. The van der Waals surface area contributed by atoms with Crippen LogP contribution in [0, 0.1) is 11.3 Å². The summed E-state index contributed by atoms with van der Waals surface area (Å²) in [6.07, 6.45) is 0.630. The summed E-state index contributed by atoms with van der Waals surface area (Å²) >= 11 is 12.5. The van der Waals surface area contributed by atoms with E-state index in [0.717, 1.165) is 5.56 Å².